The predicted molar refractivity (Wildman–Crippen MR) is 139 cm³/mol. The van der Waals surface area contributed by atoms with Gasteiger partial charge in [-0.2, -0.15) is 0 Å². The number of pyridine rings is 2. The topological polar surface area (TPSA) is 29.9 Å². The highest BCUT2D eigenvalue weighted by Gasteiger charge is 2.38. The van der Waals surface area contributed by atoms with E-state index in [2.05, 4.69) is 0 Å². The van der Waals surface area contributed by atoms with Crippen LogP contribution in [0.5, 0.6) is 0 Å². The van der Waals surface area contributed by atoms with E-state index in [1.54, 1.807) is 50.8 Å². The third kappa shape index (κ3) is 2.70. The summed E-state index contributed by atoms with van der Waals surface area (Å²) in [6.45, 7) is 2.38. The van der Waals surface area contributed by atoms with Crippen molar-refractivity contribution < 1.29 is 18.6 Å². The van der Waals surface area contributed by atoms with Gasteiger partial charge in [-0.15, -0.1) is 0 Å². The standard InChI is InChI=1S/C31H31N2O/c1-17(2)22-14-25(33(7)16-19(22)4)26-18(3)12-13-21-28-30(34-29(21)26)27-20-10-8-9-11-23(20)31(5,6)24(27)15-32-28/h8-17H,1-7H3/q+1/i4D3,5D3,17D. The second kappa shape index (κ2) is 7.02. The lowest BCUT2D eigenvalue weighted by atomic mass is 9.83. The Kier molecular flexibility index (Phi) is 3.04. The van der Waals surface area contributed by atoms with Gasteiger partial charge in [0, 0.05) is 43.8 Å². The maximum absolute atomic E-state index is 8.73. The van der Waals surface area contributed by atoms with E-state index >= 15 is 0 Å². The zero-order valence-corrected chi connectivity index (χ0v) is 20.0. The fourth-order valence-corrected chi connectivity index (χ4v) is 5.42. The minimum Gasteiger partial charge on any atom is -0.453 e. The molecule has 0 radical (unpaired) electrons. The highest BCUT2D eigenvalue weighted by molar-refractivity contribution is 6.12. The smallest absolute Gasteiger partial charge is 0.216 e. The molecule has 3 heteroatoms. The lowest BCUT2D eigenvalue weighted by Gasteiger charge is -2.20. The van der Waals surface area contributed by atoms with Crippen molar-refractivity contribution in [2.45, 2.75) is 52.7 Å². The van der Waals surface area contributed by atoms with E-state index in [9.17, 15) is 0 Å². The molecule has 0 fully saturated rings. The molecule has 0 bridgehead atoms. The first-order chi connectivity index (χ1) is 19.0. The van der Waals surface area contributed by atoms with Crippen LogP contribution in [-0.4, -0.2) is 4.98 Å². The van der Waals surface area contributed by atoms with Crippen LogP contribution < -0.4 is 4.57 Å². The number of hydrogen-bond acceptors (Lipinski definition) is 2. The number of rotatable bonds is 2. The van der Waals surface area contributed by atoms with Crippen molar-refractivity contribution in [1.82, 2.24) is 4.98 Å². The monoisotopic (exact) mass is 454 g/mol. The van der Waals surface area contributed by atoms with Gasteiger partial charge in [-0.25, -0.2) is 4.57 Å². The summed E-state index contributed by atoms with van der Waals surface area (Å²) in [6.07, 6.45) is 3.26. The average molecular weight is 455 g/mol. The number of aryl methyl sites for hydroxylation is 3. The van der Waals surface area contributed by atoms with Gasteiger partial charge in [-0.1, -0.05) is 58.0 Å². The summed E-state index contributed by atoms with van der Waals surface area (Å²) >= 11 is 0. The van der Waals surface area contributed by atoms with Gasteiger partial charge in [-0.3, -0.25) is 4.98 Å². The van der Waals surface area contributed by atoms with E-state index in [1.165, 1.54) is 0 Å². The van der Waals surface area contributed by atoms with Crippen LogP contribution in [0.1, 0.15) is 70.9 Å². The summed E-state index contributed by atoms with van der Waals surface area (Å²) in [6, 6.07) is 13.3. The van der Waals surface area contributed by atoms with Crippen LogP contribution in [0.4, 0.5) is 0 Å². The molecule has 0 saturated carbocycles. The molecule has 170 valence electrons. The van der Waals surface area contributed by atoms with E-state index in [1.807, 2.05) is 43.3 Å². The van der Waals surface area contributed by atoms with Crippen LogP contribution in [0.3, 0.4) is 0 Å². The van der Waals surface area contributed by atoms with Crippen LogP contribution >= 0.6 is 0 Å². The minimum absolute atomic E-state index is 0.137. The summed E-state index contributed by atoms with van der Waals surface area (Å²) in [5.41, 5.74) is 6.30. The first-order valence-corrected chi connectivity index (χ1v) is 11.5. The molecule has 34 heavy (non-hydrogen) atoms. The van der Waals surface area contributed by atoms with E-state index < -0.39 is 25.0 Å². The molecular formula is C31H31N2O+. The molecule has 1 aliphatic rings. The van der Waals surface area contributed by atoms with Crippen molar-refractivity contribution in [2.75, 3.05) is 0 Å². The molecule has 0 spiro atoms. The summed E-state index contributed by atoms with van der Waals surface area (Å²) in [7, 11) is 1.79. The second-order valence-electron chi connectivity index (χ2n) is 9.73. The van der Waals surface area contributed by atoms with E-state index in [0.717, 1.165) is 33.2 Å². The highest BCUT2D eigenvalue weighted by Crippen LogP contribution is 2.52. The molecule has 0 amide bonds. The number of hydrogen-bond donors (Lipinski definition) is 0. The summed E-state index contributed by atoms with van der Waals surface area (Å²) < 4.78 is 66.8. The fourth-order valence-electron chi connectivity index (χ4n) is 5.42. The summed E-state index contributed by atoms with van der Waals surface area (Å²) in [4.78, 5) is 4.77. The normalized spacial score (nSPS) is 21.1. The summed E-state index contributed by atoms with van der Waals surface area (Å²) in [5.74, 6) is -1.16. The number of aromatic nitrogens is 2. The molecular weight excluding hydrogens is 416 g/mol. The molecule has 1 unspecified atom stereocenters. The van der Waals surface area contributed by atoms with Crippen molar-refractivity contribution in [3.05, 3.63) is 82.7 Å². The molecule has 3 nitrogen and oxygen atoms in total. The lowest BCUT2D eigenvalue weighted by molar-refractivity contribution is -0.660. The Labute approximate surface area is 210 Å². The lowest BCUT2D eigenvalue weighted by Crippen LogP contribution is -2.32. The third-order valence-electron chi connectivity index (χ3n) is 7.20. The minimum atomic E-state index is -2.38. The Morgan fingerprint density at radius 1 is 1.06 bits per heavy atom. The molecule has 3 aromatic heterocycles. The van der Waals surface area contributed by atoms with Gasteiger partial charge < -0.3 is 4.42 Å². The number of furan rings is 1. The van der Waals surface area contributed by atoms with Crippen LogP contribution in [-0.2, 0) is 12.5 Å². The van der Waals surface area contributed by atoms with Crippen LogP contribution in [0.25, 0.3) is 44.5 Å². The zero-order valence-electron chi connectivity index (χ0n) is 27.0. The van der Waals surface area contributed by atoms with Crippen molar-refractivity contribution in [1.29, 1.82) is 0 Å². The highest BCUT2D eigenvalue weighted by atomic mass is 16.3. The maximum Gasteiger partial charge on any atom is 0.216 e. The van der Waals surface area contributed by atoms with Gasteiger partial charge in [0.15, 0.2) is 17.4 Å². The SMILES string of the molecule is [2H]C([2H])([2H])c1c[n+](C)c(-c2c(C)ccc3c2oc2c4c(cnc23)C(C)(C([2H])([2H])[2H])c2ccccc2-4)cc1C([2H])(C)C. The van der Waals surface area contributed by atoms with Gasteiger partial charge in [0.2, 0.25) is 5.69 Å². The molecule has 1 atom stereocenters. The first kappa shape index (κ1) is 14.7. The fraction of sp³-hybridized carbons (Fsp3) is 0.290. The Morgan fingerprint density at radius 2 is 1.88 bits per heavy atom. The Balaban J connectivity index is 1.71. The quantitative estimate of drug-likeness (QED) is 0.258. The summed E-state index contributed by atoms with van der Waals surface area (Å²) in [5, 5.41) is 0.773. The Bertz CT molecular complexity index is 1890. The van der Waals surface area contributed by atoms with Crippen LogP contribution in [0, 0.1) is 13.8 Å². The Morgan fingerprint density at radius 3 is 2.65 bits per heavy atom. The molecule has 3 heterocycles. The van der Waals surface area contributed by atoms with Gasteiger partial charge in [-0.05, 0) is 53.6 Å². The van der Waals surface area contributed by atoms with Crippen molar-refractivity contribution in [2.24, 2.45) is 7.05 Å². The van der Waals surface area contributed by atoms with E-state index in [-0.39, 0.29) is 5.56 Å². The van der Waals surface area contributed by atoms with E-state index in [0.29, 0.717) is 33.5 Å². The number of benzene rings is 2. The largest absolute Gasteiger partial charge is 0.453 e. The molecule has 2 aromatic carbocycles. The molecule has 0 aliphatic heterocycles. The van der Waals surface area contributed by atoms with E-state index in [4.69, 9.17) is 19.0 Å². The maximum atomic E-state index is 8.73. The first-order valence-electron chi connectivity index (χ1n) is 15.0. The van der Waals surface area contributed by atoms with Crippen LogP contribution in [0.2, 0.25) is 0 Å². The molecule has 0 N–H and O–H groups in total. The van der Waals surface area contributed by atoms with Crippen molar-refractivity contribution in [3.63, 3.8) is 0 Å². The van der Waals surface area contributed by atoms with Gasteiger partial charge >= 0.3 is 0 Å². The molecule has 6 rings (SSSR count). The third-order valence-corrected chi connectivity index (χ3v) is 7.20. The van der Waals surface area contributed by atoms with Gasteiger partial charge in [0.1, 0.15) is 12.6 Å². The van der Waals surface area contributed by atoms with Gasteiger partial charge in [0.05, 0.1) is 5.56 Å². The molecule has 0 saturated heterocycles. The molecule has 5 aromatic rings. The molecule has 1 aliphatic carbocycles. The second-order valence-corrected chi connectivity index (χ2v) is 9.73. The average Bonchev–Trinajstić information content (AvgIpc) is 3.37. The number of nitrogens with zero attached hydrogens (tertiary/aromatic N) is 2. The van der Waals surface area contributed by atoms with Crippen molar-refractivity contribution >= 4 is 22.1 Å². The van der Waals surface area contributed by atoms with Crippen LogP contribution in [0.15, 0.2) is 59.3 Å². The number of fused-ring (bicyclic) bond motifs is 7. The zero-order chi connectivity index (χ0) is 29.9. The predicted octanol–water partition coefficient (Wildman–Crippen LogP) is 7.52. The van der Waals surface area contributed by atoms with Gasteiger partial charge in [0.25, 0.3) is 0 Å². The van der Waals surface area contributed by atoms with Crippen molar-refractivity contribution in [3.8, 4) is 22.4 Å². The Hall–Kier alpha value is -3.46.